The molecule has 2 aromatic carbocycles. The van der Waals surface area contributed by atoms with Crippen molar-refractivity contribution in [2.24, 2.45) is 5.92 Å². The molecule has 2 aromatic rings. The zero-order valence-corrected chi connectivity index (χ0v) is 20.5. The molecule has 1 aliphatic heterocycles. The Morgan fingerprint density at radius 2 is 2.00 bits per heavy atom. The van der Waals surface area contributed by atoms with Crippen molar-refractivity contribution in [2.75, 3.05) is 26.7 Å². The zero-order chi connectivity index (χ0) is 25.0. The number of carbonyl (C=O) groups is 1. The normalized spacial score (nSPS) is 20.5. The van der Waals surface area contributed by atoms with Crippen molar-refractivity contribution in [3.8, 4) is 17.6 Å². The number of benzene rings is 2. The monoisotopic (exact) mass is 488 g/mol. The highest BCUT2D eigenvalue weighted by Crippen LogP contribution is 2.34. The van der Waals surface area contributed by atoms with Crippen LogP contribution in [0.15, 0.2) is 47.4 Å². The summed E-state index contributed by atoms with van der Waals surface area (Å²) < 4.78 is 48.3. The van der Waals surface area contributed by atoms with E-state index in [1.165, 1.54) is 40.4 Å². The van der Waals surface area contributed by atoms with Crippen molar-refractivity contribution in [1.82, 2.24) is 9.21 Å². The number of carbonyl (C=O) groups excluding carboxylic acids is 1. The van der Waals surface area contributed by atoms with E-state index >= 15 is 0 Å². The van der Waals surface area contributed by atoms with E-state index in [1.54, 1.807) is 32.2 Å². The lowest BCUT2D eigenvalue weighted by atomic mass is 10.0. The van der Waals surface area contributed by atoms with Gasteiger partial charge >= 0.3 is 0 Å². The topological polar surface area (TPSA) is 87.2 Å². The Morgan fingerprint density at radius 1 is 1.29 bits per heavy atom. The van der Waals surface area contributed by atoms with Crippen molar-refractivity contribution in [3.05, 3.63) is 59.4 Å². The van der Waals surface area contributed by atoms with E-state index in [0.29, 0.717) is 5.56 Å². The van der Waals surface area contributed by atoms with E-state index in [1.807, 2.05) is 6.92 Å². The van der Waals surface area contributed by atoms with Gasteiger partial charge in [-0.25, -0.2) is 12.8 Å². The van der Waals surface area contributed by atoms with Crippen LogP contribution in [0.4, 0.5) is 4.39 Å². The number of halogens is 1. The number of fused-ring (bicyclic) bond motifs is 1. The summed E-state index contributed by atoms with van der Waals surface area (Å²) in [5, 5.41) is 9.71. The molecule has 0 fully saturated rings. The molecule has 0 aromatic heterocycles. The number of hydrogen-bond acceptors (Lipinski definition) is 5. The fourth-order valence-electron chi connectivity index (χ4n) is 3.62. The summed E-state index contributed by atoms with van der Waals surface area (Å²) in [5.41, 5.74) is 0.672. The summed E-state index contributed by atoms with van der Waals surface area (Å²) in [6.45, 7) is 4.96. The van der Waals surface area contributed by atoms with Crippen molar-refractivity contribution >= 4 is 15.9 Å². The van der Waals surface area contributed by atoms with Crippen LogP contribution in [0, 0.1) is 23.6 Å². The molecule has 1 heterocycles. The van der Waals surface area contributed by atoms with Crippen molar-refractivity contribution < 1.29 is 27.4 Å². The maximum Gasteiger partial charge on any atom is 0.247 e. The molecule has 3 rings (SSSR count). The van der Waals surface area contributed by atoms with Gasteiger partial charge in [0.2, 0.25) is 15.9 Å². The number of rotatable bonds is 4. The van der Waals surface area contributed by atoms with Gasteiger partial charge in [-0.15, -0.1) is 0 Å². The lowest BCUT2D eigenvalue weighted by Crippen LogP contribution is -2.50. The lowest BCUT2D eigenvalue weighted by Gasteiger charge is -2.37. The molecule has 7 nitrogen and oxygen atoms in total. The highest BCUT2D eigenvalue weighted by atomic mass is 32.2. The van der Waals surface area contributed by atoms with Crippen molar-refractivity contribution in [3.63, 3.8) is 0 Å². The zero-order valence-electron chi connectivity index (χ0n) is 19.7. The van der Waals surface area contributed by atoms with Gasteiger partial charge in [0.1, 0.15) is 22.6 Å². The van der Waals surface area contributed by atoms with Crippen molar-refractivity contribution in [1.29, 1.82) is 0 Å². The van der Waals surface area contributed by atoms with E-state index in [-0.39, 0.29) is 47.7 Å². The van der Waals surface area contributed by atoms with Crippen LogP contribution in [0.25, 0.3) is 0 Å². The molecule has 0 radical (unpaired) electrons. The third-order valence-electron chi connectivity index (χ3n) is 5.87. The van der Waals surface area contributed by atoms with Crippen LogP contribution in [0.2, 0.25) is 0 Å². The molecular formula is C25H29FN2O5S. The number of aliphatic hydroxyl groups is 1. The number of amides is 1. The Kier molecular flexibility index (Phi) is 7.97. The van der Waals surface area contributed by atoms with Gasteiger partial charge in [0.25, 0.3) is 0 Å². The molecule has 34 heavy (non-hydrogen) atoms. The molecule has 182 valence electrons. The number of aliphatic hydroxyl groups excluding tert-OH is 1. The smallest absolute Gasteiger partial charge is 0.247 e. The van der Waals surface area contributed by atoms with Crippen LogP contribution in [0.3, 0.4) is 0 Å². The van der Waals surface area contributed by atoms with Gasteiger partial charge in [0, 0.05) is 38.0 Å². The van der Waals surface area contributed by atoms with Gasteiger partial charge in [-0.3, -0.25) is 4.79 Å². The second kappa shape index (κ2) is 10.6. The first kappa shape index (κ1) is 25.7. The third kappa shape index (κ3) is 5.58. The third-order valence-corrected chi connectivity index (χ3v) is 7.89. The minimum atomic E-state index is -3.99. The highest BCUT2D eigenvalue weighted by Gasteiger charge is 2.38. The number of sulfonamides is 1. The van der Waals surface area contributed by atoms with E-state index in [0.717, 1.165) is 0 Å². The molecule has 1 aliphatic rings. The first-order valence-electron chi connectivity index (χ1n) is 11.0. The number of nitrogens with zero attached hydrogens (tertiary/aromatic N) is 2. The predicted octanol–water partition coefficient (Wildman–Crippen LogP) is 2.47. The summed E-state index contributed by atoms with van der Waals surface area (Å²) in [6, 6.07) is 9.94. The summed E-state index contributed by atoms with van der Waals surface area (Å²) in [5.74, 6) is 4.85. The average molecular weight is 489 g/mol. The lowest BCUT2D eigenvalue weighted by molar-refractivity contribution is -0.129. The molecule has 0 aliphatic carbocycles. The van der Waals surface area contributed by atoms with Crippen molar-refractivity contribution in [2.45, 2.75) is 37.8 Å². The minimum absolute atomic E-state index is 0.0494. The van der Waals surface area contributed by atoms with Gasteiger partial charge in [0.15, 0.2) is 0 Å². The van der Waals surface area contributed by atoms with E-state index in [2.05, 4.69) is 11.8 Å². The van der Waals surface area contributed by atoms with Crippen LogP contribution >= 0.6 is 0 Å². The molecule has 0 unspecified atom stereocenters. The molecule has 0 saturated heterocycles. The van der Waals surface area contributed by atoms with Gasteiger partial charge in [-0.05, 0) is 37.3 Å². The number of hydrogen-bond donors (Lipinski definition) is 1. The largest absolute Gasteiger partial charge is 0.487 e. The maximum atomic E-state index is 13.9. The van der Waals surface area contributed by atoms with Crippen LogP contribution in [0.5, 0.6) is 5.75 Å². The second-order valence-electron chi connectivity index (χ2n) is 8.53. The van der Waals surface area contributed by atoms with Crippen LogP contribution < -0.4 is 4.74 Å². The standard InChI is InChI=1S/C25H29FN2O5S/c1-17-14-28(18(2)16-29)34(31,32)25-12-10-20(9-11-21-7-5-6-8-22(21)26)13-23(25)33-24(17)15-27(4)19(3)30/h5-8,10,12-13,17-18,24,29H,14-16H2,1-4H3/t17-,18+,24-/m0/s1. The Labute approximate surface area is 200 Å². The quantitative estimate of drug-likeness (QED) is 0.669. The maximum absolute atomic E-state index is 13.9. The Hall–Kier alpha value is -2.93. The fourth-order valence-corrected chi connectivity index (χ4v) is 5.45. The van der Waals surface area contributed by atoms with Crippen LogP contribution in [-0.4, -0.2) is 67.5 Å². The first-order valence-corrected chi connectivity index (χ1v) is 12.4. The van der Waals surface area contributed by atoms with Gasteiger partial charge in [-0.2, -0.15) is 4.31 Å². The van der Waals surface area contributed by atoms with Crippen LogP contribution in [0.1, 0.15) is 31.9 Å². The number of likely N-dealkylation sites (N-methyl/N-ethyl adjacent to an activating group) is 1. The van der Waals surface area contributed by atoms with Crippen LogP contribution in [-0.2, 0) is 14.8 Å². The average Bonchev–Trinajstić information content (AvgIpc) is 2.80. The summed E-state index contributed by atoms with van der Waals surface area (Å²) in [7, 11) is -2.33. The molecule has 0 bridgehead atoms. The van der Waals surface area contributed by atoms with Gasteiger partial charge in [-0.1, -0.05) is 30.9 Å². The molecule has 1 N–H and O–H groups in total. The molecule has 1 amide bonds. The van der Waals surface area contributed by atoms with Gasteiger partial charge in [0.05, 0.1) is 18.7 Å². The summed E-state index contributed by atoms with van der Waals surface area (Å²) in [4.78, 5) is 13.3. The summed E-state index contributed by atoms with van der Waals surface area (Å²) in [6.07, 6.45) is -0.508. The van der Waals surface area contributed by atoms with E-state index in [9.17, 15) is 22.7 Å². The molecule has 3 atom stereocenters. The van der Waals surface area contributed by atoms with Gasteiger partial charge < -0.3 is 14.7 Å². The molecule has 0 saturated carbocycles. The predicted molar refractivity (Wildman–Crippen MR) is 126 cm³/mol. The molecular weight excluding hydrogens is 459 g/mol. The number of ether oxygens (including phenoxy) is 1. The molecule has 9 heteroatoms. The van der Waals surface area contributed by atoms with E-state index in [4.69, 9.17) is 4.74 Å². The summed E-state index contributed by atoms with van der Waals surface area (Å²) >= 11 is 0. The Morgan fingerprint density at radius 3 is 2.65 bits per heavy atom. The highest BCUT2D eigenvalue weighted by molar-refractivity contribution is 7.89. The fraction of sp³-hybridized carbons (Fsp3) is 0.400. The Bertz CT molecular complexity index is 1220. The Balaban J connectivity index is 2.09. The SMILES string of the molecule is CC(=O)N(C)C[C@@H]1Oc2cc(C#Cc3ccccc3F)ccc2S(=O)(=O)N([C@H](C)CO)C[C@@H]1C. The first-order chi connectivity index (χ1) is 16.0. The molecule has 0 spiro atoms. The minimum Gasteiger partial charge on any atom is -0.487 e. The van der Waals surface area contributed by atoms with E-state index < -0.39 is 28.0 Å². The second-order valence-corrected chi connectivity index (χ2v) is 10.4.